The summed E-state index contributed by atoms with van der Waals surface area (Å²) in [5, 5.41) is 133. The summed E-state index contributed by atoms with van der Waals surface area (Å²) < 4.78 is 33.8. The Kier molecular flexibility index (Phi) is 24.9. The summed E-state index contributed by atoms with van der Waals surface area (Å²) in [6, 6.07) is -2.78. The van der Waals surface area contributed by atoms with Crippen LogP contribution in [0.25, 0.3) is 10.4 Å². The van der Waals surface area contributed by atoms with E-state index in [-0.39, 0.29) is 0 Å². The van der Waals surface area contributed by atoms with Gasteiger partial charge in [-0.2, -0.15) is 0 Å². The van der Waals surface area contributed by atoms with E-state index in [1.54, 1.807) is 6.08 Å². The van der Waals surface area contributed by atoms with Crippen molar-refractivity contribution in [2.45, 2.75) is 207 Å². The Bertz CT molecular complexity index is 1480. The number of ether oxygens (including phenoxy) is 6. The third-order valence-corrected chi connectivity index (χ3v) is 11.8. The van der Waals surface area contributed by atoms with Crippen molar-refractivity contribution in [2.24, 2.45) is 5.11 Å². The van der Waals surface area contributed by atoms with Crippen molar-refractivity contribution in [1.29, 1.82) is 0 Å². The van der Waals surface area contributed by atoms with E-state index in [0.717, 1.165) is 26.2 Å². The number of aliphatic carboxylic acids is 1. The fraction of sp³-hybridized carbons (Fsp3) is 0.902. The van der Waals surface area contributed by atoms with E-state index in [2.05, 4.69) is 22.3 Å². The van der Waals surface area contributed by atoms with Crippen LogP contribution >= 0.6 is 0 Å². The minimum absolute atomic E-state index is 0.518. The second-order valence-corrected chi connectivity index (χ2v) is 16.8. The molecule has 65 heavy (non-hydrogen) atoms. The van der Waals surface area contributed by atoms with Gasteiger partial charge in [-0.15, -0.1) is 0 Å². The molecule has 3 saturated heterocycles. The molecular formula is C41H72N4O20. The number of nitrogens with zero attached hydrogens (tertiary/aromatic N) is 3. The third-order valence-electron chi connectivity index (χ3n) is 11.8. The molecule has 3 aliphatic rings. The van der Waals surface area contributed by atoms with Crippen molar-refractivity contribution in [3.05, 3.63) is 22.6 Å². The molecule has 3 fully saturated rings. The van der Waals surface area contributed by atoms with Crippen LogP contribution in [0.2, 0.25) is 0 Å². The fourth-order valence-corrected chi connectivity index (χ4v) is 8.04. The van der Waals surface area contributed by atoms with Gasteiger partial charge >= 0.3 is 5.97 Å². The van der Waals surface area contributed by atoms with Crippen LogP contribution in [0.1, 0.15) is 97.3 Å². The molecule has 376 valence electrons. The van der Waals surface area contributed by atoms with Crippen molar-refractivity contribution in [2.75, 3.05) is 26.4 Å². The molecule has 0 spiro atoms. The second-order valence-electron chi connectivity index (χ2n) is 16.8. The van der Waals surface area contributed by atoms with E-state index >= 15 is 0 Å². The number of azide groups is 1. The van der Waals surface area contributed by atoms with Crippen LogP contribution in [0, 0.1) is 0 Å². The number of hydrogen-bond donors (Lipinski definition) is 13. The predicted octanol–water partition coefficient (Wildman–Crippen LogP) is -1.90. The first-order chi connectivity index (χ1) is 31.0. The van der Waals surface area contributed by atoms with Crippen molar-refractivity contribution >= 4 is 11.9 Å². The van der Waals surface area contributed by atoms with Crippen LogP contribution in [0.4, 0.5) is 0 Å². The fourth-order valence-electron chi connectivity index (χ4n) is 8.04. The summed E-state index contributed by atoms with van der Waals surface area (Å²) in [6.07, 6.45) is -12.7. The number of carboxylic acids is 1. The minimum Gasteiger partial charge on any atom is -0.477 e. The Morgan fingerprint density at radius 1 is 0.846 bits per heavy atom. The number of aliphatic hydroxyl groups excluding tert-OH is 11. The molecule has 0 aromatic rings. The summed E-state index contributed by atoms with van der Waals surface area (Å²) in [5.41, 5.74) is 9.15. The Hall–Kier alpha value is -2.69. The molecule has 3 aliphatic heterocycles. The van der Waals surface area contributed by atoms with E-state index in [0.29, 0.717) is 6.42 Å². The Balaban J connectivity index is 1.66. The molecule has 0 aromatic heterocycles. The van der Waals surface area contributed by atoms with Crippen molar-refractivity contribution < 1.29 is 99.3 Å². The van der Waals surface area contributed by atoms with Crippen molar-refractivity contribution in [1.82, 2.24) is 5.32 Å². The maximum Gasteiger partial charge on any atom is 0.364 e. The molecule has 0 radical (unpaired) electrons. The molecular weight excluding hydrogens is 868 g/mol. The number of carbonyl (C=O) groups is 2. The molecule has 24 heteroatoms. The average molecular weight is 941 g/mol. The number of amides is 1. The number of nitrogens with one attached hydrogen (secondary N) is 1. The molecule has 0 bridgehead atoms. The van der Waals surface area contributed by atoms with Gasteiger partial charge in [-0.05, 0) is 18.4 Å². The van der Waals surface area contributed by atoms with E-state index < -0.39 is 155 Å². The van der Waals surface area contributed by atoms with Gasteiger partial charge in [0, 0.05) is 18.3 Å². The smallest absolute Gasteiger partial charge is 0.364 e. The Morgan fingerprint density at radius 2 is 1.45 bits per heavy atom. The molecule has 18 atom stereocenters. The van der Waals surface area contributed by atoms with Gasteiger partial charge in [0.2, 0.25) is 5.91 Å². The first-order valence-corrected chi connectivity index (χ1v) is 22.4. The molecule has 3 rings (SSSR count). The lowest BCUT2D eigenvalue weighted by Gasteiger charge is -2.50. The summed E-state index contributed by atoms with van der Waals surface area (Å²) in [4.78, 5) is 27.5. The average Bonchev–Trinajstić information content (AvgIpc) is 3.28. The number of aliphatic hydroxyl groups is 11. The number of hydrogen-bond acceptors (Lipinski definition) is 20. The lowest BCUT2D eigenvalue weighted by molar-refractivity contribution is -0.386. The maximum absolute atomic E-state index is 12.8. The van der Waals surface area contributed by atoms with Gasteiger partial charge in [0.15, 0.2) is 12.6 Å². The molecule has 13 N–H and O–H groups in total. The van der Waals surface area contributed by atoms with Gasteiger partial charge in [0.1, 0.15) is 67.1 Å². The number of carboxylic acid groups (broad SMARTS) is 1. The number of unbranched alkanes of at least 4 members (excludes halogenated alkanes) is 11. The van der Waals surface area contributed by atoms with E-state index in [9.17, 15) is 70.9 Å². The molecule has 0 saturated carbocycles. The van der Waals surface area contributed by atoms with E-state index in [4.69, 9.17) is 34.0 Å². The monoisotopic (exact) mass is 940 g/mol. The SMILES string of the molecule is CCCCCCCCCCCCCC=CC(O)C(COC1OC(CO)C(OC2OC(CO)C(O)C(OC3(C(=O)O)CC(O)C(NC(C)=O)C(C(O)C(O)CO)O3)C2O)C(O)C1O)N=[N+]=[N-]. The third kappa shape index (κ3) is 16.2. The Morgan fingerprint density at radius 3 is 2.00 bits per heavy atom. The Labute approximate surface area is 377 Å². The summed E-state index contributed by atoms with van der Waals surface area (Å²) in [6.45, 7) is -0.276. The van der Waals surface area contributed by atoms with Gasteiger partial charge in [-0.1, -0.05) is 88.4 Å². The van der Waals surface area contributed by atoms with Crippen LogP contribution in [-0.2, 0) is 38.0 Å². The summed E-state index contributed by atoms with van der Waals surface area (Å²) in [7, 11) is 0. The molecule has 18 unspecified atom stereocenters. The quantitative estimate of drug-likeness (QED) is 0.0128. The van der Waals surface area contributed by atoms with Crippen molar-refractivity contribution in [3.8, 4) is 0 Å². The molecule has 0 aromatic carbocycles. The lowest BCUT2D eigenvalue weighted by atomic mass is 9.88. The van der Waals surface area contributed by atoms with Crippen LogP contribution < -0.4 is 5.32 Å². The number of allylic oxidation sites excluding steroid dienone is 1. The van der Waals surface area contributed by atoms with Gasteiger partial charge in [-0.25, -0.2) is 4.79 Å². The van der Waals surface area contributed by atoms with E-state index in [1.165, 1.54) is 57.4 Å². The minimum atomic E-state index is -3.07. The van der Waals surface area contributed by atoms with Crippen LogP contribution in [0.3, 0.4) is 0 Å². The zero-order valence-corrected chi connectivity index (χ0v) is 37.0. The summed E-state index contributed by atoms with van der Waals surface area (Å²) >= 11 is 0. The first-order valence-electron chi connectivity index (χ1n) is 22.4. The summed E-state index contributed by atoms with van der Waals surface area (Å²) in [5.74, 6) is -5.83. The largest absolute Gasteiger partial charge is 0.477 e. The van der Waals surface area contributed by atoms with Crippen LogP contribution in [0.15, 0.2) is 17.3 Å². The zero-order chi connectivity index (χ0) is 48.3. The van der Waals surface area contributed by atoms with Gasteiger partial charge in [0.25, 0.3) is 5.79 Å². The number of carbonyl (C=O) groups excluding carboxylic acids is 1. The first kappa shape index (κ1) is 56.6. The van der Waals surface area contributed by atoms with Crippen molar-refractivity contribution in [3.63, 3.8) is 0 Å². The zero-order valence-electron chi connectivity index (χ0n) is 37.0. The topological polar surface area (TPSA) is 393 Å². The van der Waals surface area contributed by atoms with Crippen LogP contribution in [0.5, 0.6) is 0 Å². The molecule has 1 amide bonds. The highest BCUT2D eigenvalue weighted by Crippen LogP contribution is 2.38. The highest BCUT2D eigenvalue weighted by molar-refractivity contribution is 5.76. The van der Waals surface area contributed by atoms with Gasteiger partial charge in [0.05, 0.1) is 50.7 Å². The lowest BCUT2D eigenvalue weighted by Crippen LogP contribution is -2.70. The standard InChI is InChI=1S/C41H72N4O20/c1-3-4-5-6-7-8-9-10-11-12-13-14-15-16-24(50)23(44-45-42)21-60-38-33(56)32(55)35(28(20-48)62-38)63-39-34(57)37(31(54)27(19-47)61-39)65-41(40(58)59)17-25(51)29(43-22(2)49)36(64-41)30(53)26(52)18-46/h15-16,23-39,46-48,50-57H,3-14,17-21H2,1-2H3,(H,43,49)(H,58,59). The van der Waals surface area contributed by atoms with Gasteiger partial charge < -0.3 is 95.0 Å². The maximum atomic E-state index is 12.8. The van der Waals surface area contributed by atoms with Gasteiger partial charge in [-0.3, -0.25) is 4.79 Å². The second kappa shape index (κ2) is 28.6. The normalized spacial score (nSPS) is 34.9. The highest BCUT2D eigenvalue weighted by atomic mass is 16.8. The molecule has 3 heterocycles. The molecule has 24 nitrogen and oxygen atoms in total. The molecule has 0 aliphatic carbocycles. The predicted molar refractivity (Wildman–Crippen MR) is 223 cm³/mol. The highest BCUT2D eigenvalue weighted by Gasteiger charge is 2.60. The van der Waals surface area contributed by atoms with E-state index in [1.807, 2.05) is 0 Å². The number of rotatable bonds is 29. The van der Waals surface area contributed by atoms with Crippen LogP contribution in [-0.4, -0.2) is 209 Å².